The van der Waals surface area contributed by atoms with Crippen molar-refractivity contribution in [2.75, 3.05) is 12.3 Å². The number of carbonyl (C=O) groups excluding carboxylic acids is 5. The van der Waals surface area contributed by atoms with Crippen LogP contribution in [0.25, 0.3) is 0 Å². The molecule has 2 saturated carbocycles. The SMILES string of the molecule is CC(C)C[C@@](C)(CS(=O)(=O)C(C)(C)C)NC(=O)N[C@H](C(=O)N1CC2C(C1C(=O)NC(CC1CCC1)C(=O)C(N)=O)C2(C)C)C(C)(C)C. The number of nitrogens with one attached hydrogen (secondary N) is 3. The first-order valence-corrected chi connectivity index (χ1v) is 18.6. The monoisotopic (exact) mass is 681 g/mol. The van der Waals surface area contributed by atoms with Gasteiger partial charge in [0.05, 0.1) is 22.1 Å². The van der Waals surface area contributed by atoms with Gasteiger partial charge in [0.2, 0.25) is 17.6 Å². The summed E-state index contributed by atoms with van der Waals surface area (Å²) in [5, 5.41) is 8.49. The Kier molecular flexibility index (Phi) is 11.0. The molecule has 3 fully saturated rings. The Hall–Kier alpha value is -2.70. The van der Waals surface area contributed by atoms with Gasteiger partial charge >= 0.3 is 6.03 Å². The minimum absolute atomic E-state index is 0.0468. The maximum atomic E-state index is 14.4. The van der Waals surface area contributed by atoms with Crippen LogP contribution in [0.15, 0.2) is 0 Å². The Morgan fingerprint density at radius 2 is 1.53 bits per heavy atom. The number of fused-ring (bicyclic) bond motifs is 1. The zero-order valence-electron chi connectivity index (χ0n) is 30.3. The van der Waals surface area contributed by atoms with Crippen LogP contribution >= 0.6 is 0 Å². The molecule has 0 spiro atoms. The molecule has 0 aromatic heterocycles. The first-order valence-electron chi connectivity index (χ1n) is 17.0. The molecular weight excluding hydrogens is 622 g/mol. The van der Waals surface area contributed by atoms with Crippen LogP contribution in [0.2, 0.25) is 0 Å². The zero-order chi connectivity index (χ0) is 36.1. The van der Waals surface area contributed by atoms with Crippen molar-refractivity contribution in [3.05, 3.63) is 0 Å². The molecule has 1 aliphatic heterocycles. The number of amides is 5. The third-order valence-electron chi connectivity index (χ3n) is 10.5. The standard InChI is InChI=1S/C34H59N5O7S/c1-19(2)16-34(11,18-47(45,46)32(6,7)8)38-30(44)37-26(31(3,4)5)29(43)39-17-21-23(33(21,9)10)24(39)28(42)36-22(25(40)27(35)41)15-20-13-12-14-20/h19-24,26H,12-18H2,1-11H3,(H2,35,41)(H,36,42)(H2,37,38,44)/t21?,22?,23?,24?,26-,34+/m1/s1. The van der Waals surface area contributed by atoms with Gasteiger partial charge in [0.25, 0.3) is 5.91 Å². The van der Waals surface area contributed by atoms with Gasteiger partial charge in [0.1, 0.15) is 12.1 Å². The summed E-state index contributed by atoms with van der Waals surface area (Å²) in [4.78, 5) is 68.0. The number of urea groups is 1. The van der Waals surface area contributed by atoms with Gasteiger partial charge in [-0.25, -0.2) is 13.2 Å². The van der Waals surface area contributed by atoms with Crippen LogP contribution in [0.3, 0.4) is 0 Å². The lowest BCUT2D eigenvalue weighted by Crippen LogP contribution is -2.63. The van der Waals surface area contributed by atoms with E-state index in [9.17, 15) is 32.4 Å². The Labute approximate surface area is 281 Å². The van der Waals surface area contributed by atoms with Gasteiger partial charge < -0.3 is 26.6 Å². The van der Waals surface area contributed by atoms with Crippen molar-refractivity contribution < 1.29 is 32.4 Å². The molecule has 47 heavy (non-hydrogen) atoms. The predicted molar refractivity (Wildman–Crippen MR) is 181 cm³/mol. The molecule has 6 atom stereocenters. The van der Waals surface area contributed by atoms with Crippen molar-refractivity contribution in [2.24, 2.45) is 40.2 Å². The number of hydrogen-bond acceptors (Lipinski definition) is 7. The molecule has 0 aromatic rings. The summed E-state index contributed by atoms with van der Waals surface area (Å²) in [6.45, 7) is 20.3. The molecule has 268 valence electrons. The zero-order valence-corrected chi connectivity index (χ0v) is 31.1. The van der Waals surface area contributed by atoms with Crippen LogP contribution in [0, 0.1) is 34.5 Å². The lowest BCUT2D eigenvalue weighted by Gasteiger charge is -2.39. The molecule has 4 unspecified atom stereocenters. The number of likely N-dealkylation sites (tertiary alicyclic amines) is 1. The average Bonchev–Trinajstić information content (AvgIpc) is 3.17. The molecule has 0 aromatic carbocycles. The highest BCUT2D eigenvalue weighted by molar-refractivity contribution is 7.92. The highest BCUT2D eigenvalue weighted by Crippen LogP contribution is 2.65. The van der Waals surface area contributed by atoms with Gasteiger partial charge in [-0.3, -0.25) is 19.2 Å². The van der Waals surface area contributed by atoms with E-state index < -0.39 is 73.2 Å². The number of Topliss-reactive ketones (excluding diaryl/α,β-unsaturated/α-hetero) is 1. The van der Waals surface area contributed by atoms with Gasteiger partial charge in [-0.1, -0.05) is 67.7 Å². The number of rotatable bonds is 13. The maximum absolute atomic E-state index is 14.4. The number of nitrogens with zero attached hydrogens (tertiary/aromatic N) is 1. The summed E-state index contributed by atoms with van der Waals surface area (Å²) in [5.41, 5.74) is 3.23. The van der Waals surface area contributed by atoms with Gasteiger partial charge in [-0.05, 0) is 75.0 Å². The molecule has 13 heteroatoms. The van der Waals surface area contributed by atoms with E-state index in [0.717, 1.165) is 19.3 Å². The molecule has 12 nitrogen and oxygen atoms in total. The second-order valence-corrected chi connectivity index (χ2v) is 20.4. The van der Waals surface area contributed by atoms with E-state index in [1.807, 2.05) is 48.5 Å². The predicted octanol–water partition coefficient (Wildman–Crippen LogP) is 2.93. The second kappa shape index (κ2) is 13.3. The lowest BCUT2D eigenvalue weighted by atomic mass is 9.80. The molecule has 1 heterocycles. The van der Waals surface area contributed by atoms with E-state index in [1.54, 1.807) is 27.7 Å². The number of ketones is 1. The van der Waals surface area contributed by atoms with Crippen LogP contribution in [0.5, 0.6) is 0 Å². The van der Waals surface area contributed by atoms with Crippen molar-refractivity contribution in [1.82, 2.24) is 20.9 Å². The summed E-state index contributed by atoms with van der Waals surface area (Å²) in [5.74, 6) is -3.02. The third-order valence-corrected chi connectivity index (χ3v) is 13.4. The van der Waals surface area contributed by atoms with E-state index in [-0.39, 0.29) is 34.8 Å². The van der Waals surface area contributed by atoms with E-state index in [1.165, 1.54) is 4.90 Å². The topological polar surface area (TPSA) is 185 Å². The van der Waals surface area contributed by atoms with Crippen molar-refractivity contribution in [3.63, 3.8) is 0 Å². The Morgan fingerprint density at radius 3 is 1.98 bits per heavy atom. The molecule has 0 radical (unpaired) electrons. The fourth-order valence-electron chi connectivity index (χ4n) is 7.47. The first kappa shape index (κ1) is 38.7. The van der Waals surface area contributed by atoms with Gasteiger partial charge in [-0.15, -0.1) is 0 Å². The quantitative estimate of drug-likeness (QED) is 0.215. The van der Waals surface area contributed by atoms with Crippen molar-refractivity contribution in [1.29, 1.82) is 0 Å². The summed E-state index contributed by atoms with van der Waals surface area (Å²) in [6.07, 6.45) is 3.55. The van der Waals surface area contributed by atoms with Gasteiger partial charge in [0, 0.05) is 6.54 Å². The van der Waals surface area contributed by atoms with Crippen LogP contribution < -0.4 is 21.7 Å². The van der Waals surface area contributed by atoms with Crippen LogP contribution in [-0.4, -0.2) is 83.6 Å². The number of nitrogens with two attached hydrogens (primary N) is 1. The Morgan fingerprint density at radius 1 is 0.957 bits per heavy atom. The fourth-order valence-corrected chi connectivity index (χ4v) is 8.94. The van der Waals surface area contributed by atoms with Crippen LogP contribution in [-0.2, 0) is 29.0 Å². The minimum atomic E-state index is -3.60. The highest BCUT2D eigenvalue weighted by Gasteiger charge is 2.70. The molecule has 1 saturated heterocycles. The highest BCUT2D eigenvalue weighted by atomic mass is 32.2. The summed E-state index contributed by atoms with van der Waals surface area (Å²) in [6, 6.07) is -3.69. The first-order chi connectivity index (χ1) is 21.2. The normalized spacial score (nSPS) is 25.1. The molecule has 3 aliphatic rings. The van der Waals surface area contributed by atoms with E-state index >= 15 is 0 Å². The van der Waals surface area contributed by atoms with Crippen molar-refractivity contribution in [3.8, 4) is 0 Å². The molecule has 0 bridgehead atoms. The smallest absolute Gasteiger partial charge is 0.315 e. The third kappa shape index (κ3) is 8.67. The van der Waals surface area contributed by atoms with E-state index in [4.69, 9.17) is 5.73 Å². The number of piperidine rings is 1. The second-order valence-electron chi connectivity index (χ2n) is 17.6. The fraction of sp³-hybridized carbons (Fsp3) is 0.853. The summed E-state index contributed by atoms with van der Waals surface area (Å²) >= 11 is 0. The van der Waals surface area contributed by atoms with Crippen LogP contribution in [0.1, 0.15) is 108 Å². The van der Waals surface area contributed by atoms with Gasteiger partial charge in [-0.2, -0.15) is 0 Å². The number of carbonyl (C=O) groups is 5. The average molecular weight is 682 g/mol. The van der Waals surface area contributed by atoms with E-state index in [0.29, 0.717) is 19.4 Å². The van der Waals surface area contributed by atoms with E-state index in [2.05, 4.69) is 16.0 Å². The number of sulfone groups is 1. The van der Waals surface area contributed by atoms with Crippen molar-refractivity contribution in [2.45, 2.75) is 137 Å². The lowest BCUT2D eigenvalue weighted by molar-refractivity contribution is -0.145. The largest absolute Gasteiger partial charge is 0.363 e. The molecular formula is C34H59N5O7S. The Bertz CT molecular complexity index is 1360. The molecule has 2 aliphatic carbocycles. The number of hydrogen-bond donors (Lipinski definition) is 4. The summed E-state index contributed by atoms with van der Waals surface area (Å²) < 4.78 is 25.4. The van der Waals surface area contributed by atoms with Crippen LogP contribution in [0.4, 0.5) is 4.79 Å². The van der Waals surface area contributed by atoms with Crippen molar-refractivity contribution >= 4 is 39.4 Å². The minimum Gasteiger partial charge on any atom is -0.363 e. The molecule has 5 N–H and O–H groups in total. The Balaban J connectivity index is 1.86. The summed E-state index contributed by atoms with van der Waals surface area (Å²) in [7, 11) is -3.60. The maximum Gasteiger partial charge on any atom is 0.315 e. The van der Waals surface area contributed by atoms with Gasteiger partial charge in [0.15, 0.2) is 9.84 Å². The molecule has 5 amide bonds. The molecule has 3 rings (SSSR count). The number of primary amides is 1.